The number of nitrogens with zero attached hydrogens (tertiary/aromatic N) is 2. The molecule has 0 aliphatic carbocycles. The van der Waals surface area contributed by atoms with Crippen LogP contribution in [0.2, 0.25) is 15.1 Å². The van der Waals surface area contributed by atoms with Gasteiger partial charge in [-0.05, 0) is 36.4 Å². The van der Waals surface area contributed by atoms with Crippen molar-refractivity contribution in [2.75, 3.05) is 13.2 Å². The van der Waals surface area contributed by atoms with Gasteiger partial charge in [0.1, 0.15) is 23.5 Å². The highest BCUT2D eigenvalue weighted by Gasteiger charge is 2.13. The van der Waals surface area contributed by atoms with E-state index in [1.165, 1.54) is 0 Å². The zero-order valence-corrected chi connectivity index (χ0v) is 17.9. The number of carbonyl (C=O) groups is 1. The standard InChI is InChI=1S/C20H18Cl3N3O4/c21-13-6-4-12(5-7-13)20-25-18(30-26-20)9-8-17(28)24-10-14(27)11-29-16-3-1-2-15(22)19(16)23/h1-7,14,27H,8-11H2,(H,24,28). The van der Waals surface area contributed by atoms with Crippen LogP contribution in [-0.2, 0) is 11.2 Å². The van der Waals surface area contributed by atoms with Gasteiger partial charge in [-0.25, -0.2) is 0 Å². The minimum Gasteiger partial charge on any atom is -0.489 e. The predicted octanol–water partition coefficient (Wildman–Crippen LogP) is 4.19. The topological polar surface area (TPSA) is 97.5 Å². The first-order chi connectivity index (χ1) is 14.4. The molecule has 1 unspecified atom stereocenters. The van der Waals surface area contributed by atoms with Crippen LogP contribution in [0.4, 0.5) is 0 Å². The first-order valence-corrected chi connectivity index (χ1v) is 10.2. The molecule has 0 fully saturated rings. The number of aliphatic hydroxyl groups is 1. The van der Waals surface area contributed by atoms with E-state index in [0.29, 0.717) is 27.5 Å². The van der Waals surface area contributed by atoms with Crippen molar-refractivity contribution in [1.82, 2.24) is 15.5 Å². The zero-order valence-electron chi connectivity index (χ0n) is 15.6. The van der Waals surface area contributed by atoms with Crippen LogP contribution in [0.25, 0.3) is 11.4 Å². The molecule has 0 saturated heterocycles. The quantitative estimate of drug-likeness (QED) is 0.487. The minimum absolute atomic E-state index is 0.0247. The van der Waals surface area contributed by atoms with Gasteiger partial charge >= 0.3 is 0 Å². The van der Waals surface area contributed by atoms with Crippen LogP contribution >= 0.6 is 34.8 Å². The molecule has 3 rings (SSSR count). The summed E-state index contributed by atoms with van der Waals surface area (Å²) in [4.78, 5) is 16.3. The lowest BCUT2D eigenvalue weighted by molar-refractivity contribution is -0.121. The fraction of sp³-hybridized carbons (Fsp3) is 0.250. The number of halogens is 3. The maximum Gasteiger partial charge on any atom is 0.227 e. The zero-order chi connectivity index (χ0) is 21.5. The van der Waals surface area contributed by atoms with Crippen molar-refractivity contribution < 1.29 is 19.2 Å². The SMILES string of the molecule is O=C(CCc1nc(-c2ccc(Cl)cc2)no1)NCC(O)COc1cccc(Cl)c1Cl. The lowest BCUT2D eigenvalue weighted by Crippen LogP contribution is -2.35. The van der Waals surface area contributed by atoms with Crippen LogP contribution in [0.5, 0.6) is 5.75 Å². The maximum atomic E-state index is 12.0. The van der Waals surface area contributed by atoms with Crippen LogP contribution in [0.1, 0.15) is 12.3 Å². The second-order valence-corrected chi connectivity index (χ2v) is 7.56. The molecule has 2 aromatic carbocycles. The van der Waals surface area contributed by atoms with E-state index in [2.05, 4.69) is 15.5 Å². The Morgan fingerprint density at radius 2 is 1.93 bits per heavy atom. The molecule has 7 nitrogen and oxygen atoms in total. The molecule has 0 radical (unpaired) electrons. The molecule has 1 heterocycles. The smallest absolute Gasteiger partial charge is 0.227 e. The number of aromatic nitrogens is 2. The Kier molecular flexibility index (Phi) is 7.93. The summed E-state index contributed by atoms with van der Waals surface area (Å²) in [6, 6.07) is 12.0. The van der Waals surface area contributed by atoms with E-state index in [4.69, 9.17) is 44.1 Å². The van der Waals surface area contributed by atoms with Gasteiger partial charge in [0.2, 0.25) is 17.6 Å². The van der Waals surface area contributed by atoms with Crippen LogP contribution in [-0.4, -0.2) is 40.4 Å². The molecule has 0 saturated carbocycles. The molecule has 1 amide bonds. The van der Waals surface area contributed by atoms with E-state index in [1.807, 2.05) is 0 Å². The van der Waals surface area contributed by atoms with Gasteiger partial charge in [-0.1, -0.05) is 46.0 Å². The minimum atomic E-state index is -0.913. The highest BCUT2D eigenvalue weighted by Crippen LogP contribution is 2.31. The molecule has 1 aromatic heterocycles. The number of amides is 1. The first kappa shape index (κ1) is 22.4. The van der Waals surface area contributed by atoms with Gasteiger partial charge < -0.3 is 19.7 Å². The number of nitrogens with one attached hydrogen (secondary N) is 1. The number of benzene rings is 2. The number of hydrogen-bond donors (Lipinski definition) is 2. The van der Waals surface area contributed by atoms with E-state index < -0.39 is 6.10 Å². The molecule has 30 heavy (non-hydrogen) atoms. The first-order valence-electron chi connectivity index (χ1n) is 9.02. The second-order valence-electron chi connectivity index (χ2n) is 6.34. The number of hydrogen-bond acceptors (Lipinski definition) is 6. The number of aliphatic hydroxyl groups excluding tert-OH is 1. The van der Waals surface area contributed by atoms with E-state index >= 15 is 0 Å². The third kappa shape index (κ3) is 6.34. The molecule has 0 aliphatic rings. The molecule has 10 heteroatoms. The molecule has 158 valence electrons. The number of aryl methyl sites for hydroxylation is 1. The fourth-order valence-corrected chi connectivity index (χ4v) is 2.93. The summed E-state index contributed by atoms with van der Waals surface area (Å²) in [6.07, 6.45) is -0.503. The molecular formula is C20H18Cl3N3O4. The lowest BCUT2D eigenvalue weighted by atomic mass is 10.2. The van der Waals surface area contributed by atoms with Gasteiger partial charge in [-0.2, -0.15) is 4.98 Å². The molecule has 0 aliphatic heterocycles. The van der Waals surface area contributed by atoms with E-state index in [-0.39, 0.29) is 36.9 Å². The van der Waals surface area contributed by atoms with Crippen molar-refractivity contribution in [1.29, 1.82) is 0 Å². The molecule has 2 N–H and O–H groups in total. The predicted molar refractivity (Wildman–Crippen MR) is 114 cm³/mol. The summed E-state index contributed by atoms with van der Waals surface area (Å²) in [5.74, 6) is 0.868. The largest absolute Gasteiger partial charge is 0.489 e. The highest BCUT2D eigenvalue weighted by atomic mass is 35.5. The summed E-state index contributed by atoms with van der Waals surface area (Å²) in [5.41, 5.74) is 0.766. The Hall–Kier alpha value is -2.32. The number of carbonyl (C=O) groups excluding carboxylic acids is 1. The van der Waals surface area contributed by atoms with Crippen LogP contribution in [0.15, 0.2) is 47.0 Å². The summed E-state index contributed by atoms with van der Waals surface area (Å²) >= 11 is 17.8. The third-order valence-corrected chi connectivity index (χ3v) is 5.07. The van der Waals surface area contributed by atoms with E-state index in [1.54, 1.807) is 42.5 Å². The van der Waals surface area contributed by atoms with Crippen molar-refractivity contribution in [3.63, 3.8) is 0 Å². The summed E-state index contributed by atoms with van der Waals surface area (Å²) in [7, 11) is 0. The summed E-state index contributed by atoms with van der Waals surface area (Å²) in [6.45, 7) is -0.0225. The van der Waals surface area contributed by atoms with Crippen molar-refractivity contribution in [2.24, 2.45) is 0 Å². The van der Waals surface area contributed by atoms with Gasteiger partial charge in [0, 0.05) is 30.0 Å². The normalized spacial score (nSPS) is 11.9. The van der Waals surface area contributed by atoms with Gasteiger partial charge in [-0.3, -0.25) is 4.79 Å². The highest BCUT2D eigenvalue weighted by molar-refractivity contribution is 6.42. The van der Waals surface area contributed by atoms with Gasteiger partial charge in [0.15, 0.2) is 0 Å². The molecule has 1 atom stereocenters. The Labute approximate surface area is 187 Å². The summed E-state index contributed by atoms with van der Waals surface area (Å²) < 4.78 is 10.6. The van der Waals surface area contributed by atoms with Crippen LogP contribution in [0.3, 0.4) is 0 Å². The molecule has 0 bridgehead atoms. The number of rotatable bonds is 9. The average molecular weight is 471 g/mol. The Morgan fingerprint density at radius 3 is 2.70 bits per heavy atom. The number of ether oxygens (including phenoxy) is 1. The Bertz CT molecular complexity index is 995. The Morgan fingerprint density at radius 1 is 1.17 bits per heavy atom. The van der Waals surface area contributed by atoms with Crippen LogP contribution < -0.4 is 10.1 Å². The maximum absolute atomic E-state index is 12.0. The summed E-state index contributed by atoms with van der Waals surface area (Å²) in [5, 5.41) is 17.8. The van der Waals surface area contributed by atoms with Crippen LogP contribution in [0, 0.1) is 0 Å². The van der Waals surface area contributed by atoms with Crippen molar-refractivity contribution >= 4 is 40.7 Å². The molecule has 3 aromatic rings. The Balaban J connectivity index is 1.39. The monoisotopic (exact) mass is 469 g/mol. The fourth-order valence-electron chi connectivity index (χ4n) is 2.45. The van der Waals surface area contributed by atoms with E-state index in [0.717, 1.165) is 5.56 Å². The molecular weight excluding hydrogens is 453 g/mol. The van der Waals surface area contributed by atoms with E-state index in [9.17, 15) is 9.90 Å². The lowest BCUT2D eigenvalue weighted by Gasteiger charge is -2.14. The van der Waals surface area contributed by atoms with Crippen molar-refractivity contribution in [3.05, 3.63) is 63.4 Å². The van der Waals surface area contributed by atoms with Gasteiger partial charge in [-0.15, -0.1) is 0 Å². The van der Waals surface area contributed by atoms with Gasteiger partial charge in [0.25, 0.3) is 0 Å². The second kappa shape index (κ2) is 10.6. The van der Waals surface area contributed by atoms with Gasteiger partial charge in [0.05, 0.1) is 5.02 Å². The average Bonchev–Trinajstić information content (AvgIpc) is 3.21. The van der Waals surface area contributed by atoms with Crippen molar-refractivity contribution in [3.8, 4) is 17.1 Å². The van der Waals surface area contributed by atoms with Crippen molar-refractivity contribution in [2.45, 2.75) is 18.9 Å². The third-order valence-electron chi connectivity index (χ3n) is 4.02. The molecule has 0 spiro atoms.